The van der Waals surface area contributed by atoms with Crippen molar-refractivity contribution >= 4 is 22.8 Å². The summed E-state index contributed by atoms with van der Waals surface area (Å²) in [5.41, 5.74) is 6.30. The summed E-state index contributed by atoms with van der Waals surface area (Å²) in [7, 11) is 0. The molecule has 0 bridgehead atoms. The molecule has 0 saturated carbocycles. The van der Waals surface area contributed by atoms with Crippen molar-refractivity contribution in [1.29, 1.82) is 0 Å². The smallest absolute Gasteiger partial charge is 0.242 e. The minimum atomic E-state index is 0.407. The van der Waals surface area contributed by atoms with Crippen LogP contribution < -0.4 is 15.8 Å². The number of thiazole rings is 1. The van der Waals surface area contributed by atoms with Crippen LogP contribution >= 0.6 is 11.3 Å². The van der Waals surface area contributed by atoms with Crippen molar-refractivity contribution < 1.29 is 4.74 Å². The van der Waals surface area contributed by atoms with Gasteiger partial charge in [0.25, 0.3) is 0 Å². The van der Waals surface area contributed by atoms with E-state index in [4.69, 9.17) is 10.5 Å². The fraction of sp³-hybridized carbons (Fsp3) is 0.300. The van der Waals surface area contributed by atoms with Crippen LogP contribution in [0.25, 0.3) is 0 Å². The van der Waals surface area contributed by atoms with Gasteiger partial charge in [-0.2, -0.15) is 4.98 Å². The first-order chi connectivity index (χ1) is 8.31. The zero-order chi connectivity index (χ0) is 12.1. The third kappa shape index (κ3) is 2.82. The topological polar surface area (TPSA) is 86.0 Å². The summed E-state index contributed by atoms with van der Waals surface area (Å²) in [6.07, 6.45) is 3.18. The second-order valence-corrected chi connectivity index (χ2v) is 4.13. The summed E-state index contributed by atoms with van der Waals surface area (Å²) < 4.78 is 5.29. The molecule has 90 valence electrons. The van der Waals surface area contributed by atoms with Crippen molar-refractivity contribution in [1.82, 2.24) is 15.0 Å². The maximum absolute atomic E-state index is 5.88. The highest BCUT2D eigenvalue weighted by atomic mass is 32.1. The Morgan fingerprint density at radius 3 is 3.00 bits per heavy atom. The number of rotatable bonds is 5. The van der Waals surface area contributed by atoms with Crippen LogP contribution in [0.4, 0.5) is 11.5 Å². The van der Waals surface area contributed by atoms with Crippen molar-refractivity contribution in [3.05, 3.63) is 22.9 Å². The molecule has 17 heavy (non-hydrogen) atoms. The number of nitrogens with one attached hydrogen (secondary N) is 1. The number of nitrogen functional groups attached to an aromatic ring is 1. The van der Waals surface area contributed by atoms with Crippen LogP contribution in [0.15, 0.2) is 17.9 Å². The van der Waals surface area contributed by atoms with E-state index < -0.39 is 0 Å². The van der Waals surface area contributed by atoms with E-state index in [1.807, 2.05) is 12.3 Å². The molecule has 2 rings (SSSR count). The van der Waals surface area contributed by atoms with Crippen LogP contribution in [0.3, 0.4) is 0 Å². The molecule has 0 saturated heterocycles. The van der Waals surface area contributed by atoms with Gasteiger partial charge in [0.1, 0.15) is 17.0 Å². The van der Waals surface area contributed by atoms with Crippen LogP contribution in [0.1, 0.15) is 11.9 Å². The lowest BCUT2D eigenvalue weighted by molar-refractivity contribution is 0.328. The highest BCUT2D eigenvalue weighted by Crippen LogP contribution is 2.24. The predicted molar refractivity (Wildman–Crippen MR) is 67.1 cm³/mol. The van der Waals surface area contributed by atoms with Gasteiger partial charge in [0.2, 0.25) is 5.88 Å². The molecule has 0 radical (unpaired) electrons. The normalized spacial score (nSPS) is 10.2. The van der Waals surface area contributed by atoms with E-state index in [0.717, 1.165) is 5.01 Å². The quantitative estimate of drug-likeness (QED) is 0.838. The Labute approximate surface area is 103 Å². The predicted octanol–water partition coefficient (Wildman–Crippen LogP) is 1.53. The van der Waals surface area contributed by atoms with Crippen LogP contribution in [0, 0.1) is 0 Å². The first-order valence-corrected chi connectivity index (χ1v) is 6.04. The summed E-state index contributed by atoms with van der Waals surface area (Å²) in [6, 6.07) is 0. The third-order valence-electron chi connectivity index (χ3n) is 2.02. The van der Waals surface area contributed by atoms with Crippen LogP contribution in [0.2, 0.25) is 0 Å². The largest absolute Gasteiger partial charge is 0.476 e. The first kappa shape index (κ1) is 11.6. The van der Waals surface area contributed by atoms with Gasteiger partial charge in [0, 0.05) is 11.6 Å². The average Bonchev–Trinajstić information content (AvgIpc) is 2.83. The molecule has 0 spiro atoms. The zero-order valence-electron chi connectivity index (χ0n) is 9.38. The van der Waals surface area contributed by atoms with Crippen molar-refractivity contribution in [2.45, 2.75) is 13.5 Å². The molecule has 2 aromatic rings. The fourth-order valence-electron chi connectivity index (χ4n) is 1.27. The Hall–Kier alpha value is -1.89. The molecule has 0 atom stereocenters. The standard InChI is InChI=1S/C10H13N5OS/c1-2-16-10-8(11)9(14-6-15-10)13-5-7-12-3-4-17-7/h3-4,6H,2,5,11H2,1H3,(H,13,14,15). The average molecular weight is 251 g/mol. The molecule has 2 aromatic heterocycles. The Bertz CT molecular complexity index is 474. The monoisotopic (exact) mass is 251 g/mol. The van der Waals surface area contributed by atoms with Gasteiger partial charge in [-0.3, -0.25) is 0 Å². The fourth-order valence-corrected chi connectivity index (χ4v) is 1.83. The highest BCUT2D eigenvalue weighted by Gasteiger charge is 2.08. The molecule has 0 fully saturated rings. The van der Waals surface area contributed by atoms with Gasteiger partial charge >= 0.3 is 0 Å². The molecular weight excluding hydrogens is 238 g/mol. The lowest BCUT2D eigenvalue weighted by Gasteiger charge is -2.09. The van der Waals surface area contributed by atoms with E-state index in [1.54, 1.807) is 17.5 Å². The van der Waals surface area contributed by atoms with E-state index in [9.17, 15) is 0 Å². The van der Waals surface area contributed by atoms with Gasteiger partial charge in [-0.05, 0) is 6.92 Å². The second-order valence-electron chi connectivity index (χ2n) is 3.15. The van der Waals surface area contributed by atoms with Gasteiger partial charge in [0.15, 0.2) is 5.82 Å². The van der Waals surface area contributed by atoms with E-state index in [2.05, 4.69) is 20.3 Å². The summed E-state index contributed by atoms with van der Waals surface area (Å²) >= 11 is 1.57. The molecule has 0 aliphatic carbocycles. The molecule has 0 amide bonds. The van der Waals surface area contributed by atoms with E-state index >= 15 is 0 Å². The molecule has 7 heteroatoms. The lowest BCUT2D eigenvalue weighted by atomic mass is 10.4. The Morgan fingerprint density at radius 2 is 2.29 bits per heavy atom. The number of hydrogen-bond acceptors (Lipinski definition) is 7. The maximum atomic E-state index is 5.88. The van der Waals surface area contributed by atoms with E-state index in [0.29, 0.717) is 30.5 Å². The number of nitrogens with two attached hydrogens (primary N) is 1. The number of hydrogen-bond donors (Lipinski definition) is 2. The van der Waals surface area contributed by atoms with E-state index in [-0.39, 0.29) is 0 Å². The first-order valence-electron chi connectivity index (χ1n) is 5.16. The molecule has 2 heterocycles. The highest BCUT2D eigenvalue weighted by molar-refractivity contribution is 7.09. The van der Waals surface area contributed by atoms with Crippen LogP contribution in [-0.2, 0) is 6.54 Å². The zero-order valence-corrected chi connectivity index (χ0v) is 10.2. The maximum Gasteiger partial charge on any atom is 0.242 e. The molecule has 0 unspecified atom stereocenters. The van der Waals surface area contributed by atoms with Gasteiger partial charge in [0.05, 0.1) is 13.2 Å². The summed E-state index contributed by atoms with van der Waals surface area (Å²) in [5, 5.41) is 6.00. The number of nitrogens with zero attached hydrogens (tertiary/aromatic N) is 3. The van der Waals surface area contributed by atoms with Gasteiger partial charge in [-0.15, -0.1) is 11.3 Å². The Balaban J connectivity index is 2.07. The van der Waals surface area contributed by atoms with Crippen molar-refractivity contribution in [2.75, 3.05) is 17.7 Å². The van der Waals surface area contributed by atoms with Gasteiger partial charge in [-0.1, -0.05) is 0 Å². The second kappa shape index (κ2) is 5.44. The van der Waals surface area contributed by atoms with Crippen molar-refractivity contribution in [2.24, 2.45) is 0 Å². The number of anilines is 2. The lowest BCUT2D eigenvalue weighted by Crippen LogP contribution is -2.07. The molecular formula is C10H13N5OS. The summed E-state index contributed by atoms with van der Waals surface area (Å²) in [6.45, 7) is 2.99. The summed E-state index contributed by atoms with van der Waals surface area (Å²) in [4.78, 5) is 12.2. The molecule has 0 aromatic carbocycles. The van der Waals surface area contributed by atoms with Crippen molar-refractivity contribution in [3.63, 3.8) is 0 Å². The summed E-state index contributed by atoms with van der Waals surface area (Å²) in [5.74, 6) is 0.975. The molecule has 0 aliphatic heterocycles. The van der Waals surface area contributed by atoms with Gasteiger partial charge < -0.3 is 15.8 Å². The molecule has 0 aliphatic rings. The number of aromatic nitrogens is 3. The number of ether oxygens (including phenoxy) is 1. The van der Waals surface area contributed by atoms with Gasteiger partial charge in [-0.25, -0.2) is 9.97 Å². The van der Waals surface area contributed by atoms with Crippen LogP contribution in [-0.4, -0.2) is 21.6 Å². The van der Waals surface area contributed by atoms with Crippen LogP contribution in [0.5, 0.6) is 5.88 Å². The third-order valence-corrected chi connectivity index (χ3v) is 2.80. The van der Waals surface area contributed by atoms with E-state index in [1.165, 1.54) is 6.33 Å². The molecule has 3 N–H and O–H groups in total. The molecule has 6 nitrogen and oxygen atoms in total. The minimum absolute atomic E-state index is 0.407. The Morgan fingerprint density at radius 1 is 1.41 bits per heavy atom. The Kier molecular flexibility index (Phi) is 3.71. The minimum Gasteiger partial charge on any atom is -0.476 e. The van der Waals surface area contributed by atoms with Crippen molar-refractivity contribution in [3.8, 4) is 5.88 Å². The SMILES string of the molecule is CCOc1ncnc(NCc2nccs2)c1N.